The Morgan fingerprint density at radius 2 is 2.00 bits per heavy atom. The van der Waals surface area contributed by atoms with Crippen LogP contribution < -0.4 is 0 Å². The maximum atomic E-state index is 2.62. The van der Waals surface area contributed by atoms with Crippen LogP contribution in [0.4, 0.5) is 0 Å². The Kier molecular flexibility index (Phi) is 3.53. The van der Waals surface area contributed by atoms with Gasteiger partial charge in [0.25, 0.3) is 0 Å². The van der Waals surface area contributed by atoms with E-state index < -0.39 is 0 Å². The SMILES string of the molecule is CC[C@@H]1CN(C)CCN1C(C)C. The van der Waals surface area contributed by atoms with Crippen molar-refractivity contribution in [2.24, 2.45) is 0 Å². The van der Waals surface area contributed by atoms with E-state index in [2.05, 4.69) is 37.6 Å². The molecule has 0 aromatic heterocycles. The fourth-order valence-corrected chi connectivity index (χ4v) is 2.07. The number of likely N-dealkylation sites (N-methyl/N-ethyl adjacent to an activating group) is 1. The van der Waals surface area contributed by atoms with Crippen LogP contribution in [-0.2, 0) is 0 Å². The van der Waals surface area contributed by atoms with E-state index in [1.54, 1.807) is 0 Å². The topological polar surface area (TPSA) is 6.48 Å². The maximum absolute atomic E-state index is 2.62. The second-order valence-electron chi connectivity index (χ2n) is 4.16. The number of hydrogen-bond donors (Lipinski definition) is 0. The van der Waals surface area contributed by atoms with Crippen molar-refractivity contribution in [3.8, 4) is 0 Å². The smallest absolute Gasteiger partial charge is 0.0223 e. The Bertz CT molecular complexity index is 134. The molecule has 0 N–H and O–H groups in total. The Labute approximate surface area is 76.5 Å². The maximum Gasteiger partial charge on any atom is 0.0223 e. The number of nitrogens with zero attached hydrogens (tertiary/aromatic N) is 2. The molecule has 0 unspecified atom stereocenters. The monoisotopic (exact) mass is 170 g/mol. The molecule has 1 heterocycles. The molecule has 0 aromatic carbocycles. The molecule has 1 aliphatic rings. The lowest BCUT2D eigenvalue weighted by atomic mass is 10.1. The van der Waals surface area contributed by atoms with Crippen molar-refractivity contribution >= 4 is 0 Å². The van der Waals surface area contributed by atoms with Gasteiger partial charge in [-0.3, -0.25) is 4.90 Å². The Hall–Kier alpha value is -0.0800. The lowest BCUT2D eigenvalue weighted by molar-refractivity contribution is 0.0623. The molecule has 0 spiro atoms. The first kappa shape index (κ1) is 10.0. The first-order valence-corrected chi connectivity index (χ1v) is 5.09. The van der Waals surface area contributed by atoms with Crippen LogP contribution in [0.1, 0.15) is 27.2 Å². The van der Waals surface area contributed by atoms with Gasteiger partial charge >= 0.3 is 0 Å². The van der Waals surface area contributed by atoms with Gasteiger partial charge < -0.3 is 4.90 Å². The zero-order valence-electron chi connectivity index (χ0n) is 8.88. The molecule has 0 aromatic rings. The molecule has 12 heavy (non-hydrogen) atoms. The first-order valence-electron chi connectivity index (χ1n) is 5.09. The van der Waals surface area contributed by atoms with Crippen molar-refractivity contribution in [3.05, 3.63) is 0 Å². The fraction of sp³-hybridized carbons (Fsp3) is 1.00. The average Bonchev–Trinajstić information content (AvgIpc) is 2.03. The van der Waals surface area contributed by atoms with E-state index in [1.807, 2.05) is 0 Å². The molecule has 0 saturated carbocycles. The van der Waals surface area contributed by atoms with E-state index in [0.717, 1.165) is 6.04 Å². The normalized spacial score (nSPS) is 28.2. The summed E-state index contributed by atoms with van der Waals surface area (Å²) in [5.74, 6) is 0. The summed E-state index contributed by atoms with van der Waals surface area (Å²) in [7, 11) is 2.22. The first-order chi connectivity index (χ1) is 5.65. The molecular weight excluding hydrogens is 148 g/mol. The van der Waals surface area contributed by atoms with Gasteiger partial charge in [-0.25, -0.2) is 0 Å². The summed E-state index contributed by atoms with van der Waals surface area (Å²) in [6.07, 6.45) is 1.28. The van der Waals surface area contributed by atoms with Gasteiger partial charge in [0.1, 0.15) is 0 Å². The van der Waals surface area contributed by atoms with Gasteiger partial charge in [0, 0.05) is 31.7 Å². The molecule has 0 aliphatic carbocycles. The van der Waals surface area contributed by atoms with Crippen LogP contribution in [-0.4, -0.2) is 48.6 Å². The predicted molar refractivity (Wildman–Crippen MR) is 53.4 cm³/mol. The van der Waals surface area contributed by atoms with Gasteiger partial charge in [-0.15, -0.1) is 0 Å². The zero-order valence-corrected chi connectivity index (χ0v) is 8.88. The number of rotatable bonds is 2. The number of hydrogen-bond acceptors (Lipinski definition) is 2. The molecular formula is C10H22N2. The predicted octanol–water partition coefficient (Wildman–Crippen LogP) is 1.42. The van der Waals surface area contributed by atoms with Crippen molar-refractivity contribution in [2.45, 2.75) is 39.3 Å². The molecule has 2 heteroatoms. The van der Waals surface area contributed by atoms with E-state index in [1.165, 1.54) is 26.1 Å². The van der Waals surface area contributed by atoms with Gasteiger partial charge in [0.15, 0.2) is 0 Å². The molecule has 0 radical (unpaired) electrons. The van der Waals surface area contributed by atoms with E-state index >= 15 is 0 Å². The van der Waals surface area contributed by atoms with Crippen LogP contribution in [0.25, 0.3) is 0 Å². The molecule has 0 bridgehead atoms. The van der Waals surface area contributed by atoms with Gasteiger partial charge in [0.05, 0.1) is 0 Å². The van der Waals surface area contributed by atoms with E-state index in [-0.39, 0.29) is 0 Å². The standard InChI is InChI=1S/C10H22N2/c1-5-10-8-11(4)6-7-12(10)9(2)3/h9-10H,5-8H2,1-4H3/t10-/m1/s1. The zero-order chi connectivity index (χ0) is 9.14. The molecule has 1 atom stereocenters. The largest absolute Gasteiger partial charge is 0.304 e. The summed E-state index contributed by atoms with van der Waals surface area (Å²) in [5, 5.41) is 0. The van der Waals surface area contributed by atoms with E-state index in [0.29, 0.717) is 6.04 Å². The second-order valence-corrected chi connectivity index (χ2v) is 4.16. The van der Waals surface area contributed by atoms with Crippen LogP contribution >= 0.6 is 0 Å². The van der Waals surface area contributed by atoms with Crippen molar-refractivity contribution in [2.75, 3.05) is 26.7 Å². The highest BCUT2D eigenvalue weighted by Crippen LogP contribution is 2.14. The van der Waals surface area contributed by atoms with Gasteiger partial charge in [-0.2, -0.15) is 0 Å². The van der Waals surface area contributed by atoms with Crippen molar-refractivity contribution < 1.29 is 0 Å². The Balaban J connectivity index is 2.50. The summed E-state index contributed by atoms with van der Waals surface area (Å²) >= 11 is 0. The highest BCUT2D eigenvalue weighted by molar-refractivity contribution is 4.81. The molecule has 1 saturated heterocycles. The van der Waals surface area contributed by atoms with Crippen LogP contribution in [0.5, 0.6) is 0 Å². The van der Waals surface area contributed by atoms with Gasteiger partial charge in [-0.05, 0) is 27.3 Å². The Morgan fingerprint density at radius 3 is 2.50 bits per heavy atom. The third kappa shape index (κ3) is 2.20. The minimum absolute atomic E-state index is 0.712. The third-order valence-corrected chi connectivity index (χ3v) is 2.87. The highest BCUT2D eigenvalue weighted by Gasteiger charge is 2.24. The molecule has 1 aliphatic heterocycles. The van der Waals surface area contributed by atoms with Crippen molar-refractivity contribution in [1.29, 1.82) is 0 Å². The lowest BCUT2D eigenvalue weighted by Crippen LogP contribution is -2.53. The van der Waals surface area contributed by atoms with E-state index in [9.17, 15) is 0 Å². The van der Waals surface area contributed by atoms with Crippen LogP contribution in [0.15, 0.2) is 0 Å². The lowest BCUT2D eigenvalue weighted by Gasteiger charge is -2.42. The molecule has 1 fully saturated rings. The molecule has 0 amide bonds. The molecule has 1 rings (SSSR count). The minimum Gasteiger partial charge on any atom is -0.304 e. The van der Waals surface area contributed by atoms with Crippen LogP contribution in [0.3, 0.4) is 0 Å². The van der Waals surface area contributed by atoms with Gasteiger partial charge in [0.2, 0.25) is 0 Å². The summed E-state index contributed by atoms with van der Waals surface area (Å²) in [5.41, 5.74) is 0. The molecule has 72 valence electrons. The van der Waals surface area contributed by atoms with Crippen molar-refractivity contribution in [1.82, 2.24) is 9.80 Å². The summed E-state index contributed by atoms with van der Waals surface area (Å²) in [4.78, 5) is 5.06. The number of piperazine rings is 1. The fourth-order valence-electron chi connectivity index (χ4n) is 2.07. The van der Waals surface area contributed by atoms with E-state index in [4.69, 9.17) is 0 Å². The Morgan fingerprint density at radius 1 is 1.33 bits per heavy atom. The van der Waals surface area contributed by atoms with Crippen LogP contribution in [0.2, 0.25) is 0 Å². The molecule has 2 nitrogen and oxygen atoms in total. The summed E-state index contributed by atoms with van der Waals surface area (Å²) < 4.78 is 0. The van der Waals surface area contributed by atoms with Crippen molar-refractivity contribution in [3.63, 3.8) is 0 Å². The third-order valence-electron chi connectivity index (χ3n) is 2.87. The second kappa shape index (κ2) is 4.24. The quantitative estimate of drug-likeness (QED) is 0.618. The van der Waals surface area contributed by atoms with Gasteiger partial charge in [-0.1, -0.05) is 6.92 Å². The highest BCUT2D eigenvalue weighted by atomic mass is 15.3. The minimum atomic E-state index is 0.712. The summed E-state index contributed by atoms with van der Waals surface area (Å²) in [6.45, 7) is 10.6. The average molecular weight is 170 g/mol. The summed E-state index contributed by atoms with van der Waals surface area (Å²) in [6, 6.07) is 1.49. The van der Waals surface area contributed by atoms with Crippen LogP contribution in [0, 0.1) is 0 Å².